The van der Waals surface area contributed by atoms with Crippen molar-refractivity contribution in [2.24, 2.45) is 5.92 Å². The summed E-state index contributed by atoms with van der Waals surface area (Å²) in [5, 5.41) is 23.3. The smallest absolute Gasteiger partial charge is 0.288 e. The number of aryl methyl sites for hydroxylation is 1. The molecule has 19 heavy (non-hydrogen) atoms. The molecule has 0 fully saturated rings. The summed E-state index contributed by atoms with van der Waals surface area (Å²) < 4.78 is 1.29. The summed E-state index contributed by atoms with van der Waals surface area (Å²) in [4.78, 5) is 12.0. The first-order valence-corrected chi connectivity index (χ1v) is 6.43. The summed E-state index contributed by atoms with van der Waals surface area (Å²) in [5.74, 6) is 0.145. The number of hydrogen-bond donors (Lipinski definition) is 1. The van der Waals surface area contributed by atoms with E-state index in [9.17, 15) is 9.90 Å². The van der Waals surface area contributed by atoms with Gasteiger partial charge in [0.25, 0.3) is 5.56 Å². The SMILES string of the molecule is CC(C)CCn1nc(C(C)(C)C)c(O)c(C#N)c1=O. The molecular weight excluding hydrogens is 242 g/mol. The molecule has 0 aliphatic carbocycles. The van der Waals surface area contributed by atoms with Crippen LogP contribution in [0.5, 0.6) is 5.75 Å². The Bertz CT molecular complexity index is 560. The van der Waals surface area contributed by atoms with E-state index < -0.39 is 11.0 Å². The Morgan fingerprint density at radius 2 is 2.00 bits per heavy atom. The molecule has 1 N–H and O–H groups in total. The van der Waals surface area contributed by atoms with E-state index in [0.717, 1.165) is 6.42 Å². The molecule has 5 heteroatoms. The van der Waals surface area contributed by atoms with Gasteiger partial charge in [0.2, 0.25) is 0 Å². The van der Waals surface area contributed by atoms with Crippen molar-refractivity contribution in [1.82, 2.24) is 9.78 Å². The van der Waals surface area contributed by atoms with E-state index in [1.54, 1.807) is 6.07 Å². The minimum absolute atomic E-state index is 0.219. The van der Waals surface area contributed by atoms with Gasteiger partial charge in [0, 0.05) is 12.0 Å². The Morgan fingerprint density at radius 1 is 1.42 bits per heavy atom. The Hall–Kier alpha value is -1.83. The van der Waals surface area contributed by atoms with Crippen LogP contribution in [0.15, 0.2) is 4.79 Å². The van der Waals surface area contributed by atoms with Crippen LogP contribution in [0.4, 0.5) is 0 Å². The number of nitriles is 1. The van der Waals surface area contributed by atoms with E-state index in [4.69, 9.17) is 5.26 Å². The zero-order valence-corrected chi connectivity index (χ0v) is 12.2. The zero-order chi connectivity index (χ0) is 14.8. The second kappa shape index (κ2) is 5.43. The van der Waals surface area contributed by atoms with Gasteiger partial charge in [-0.3, -0.25) is 4.79 Å². The molecule has 1 heterocycles. The number of rotatable bonds is 3. The Labute approximate surface area is 113 Å². The van der Waals surface area contributed by atoms with Crippen molar-refractivity contribution in [2.75, 3.05) is 0 Å². The number of aromatic hydroxyl groups is 1. The fourth-order valence-corrected chi connectivity index (χ4v) is 1.70. The lowest BCUT2D eigenvalue weighted by molar-refractivity contribution is 0.400. The zero-order valence-electron chi connectivity index (χ0n) is 12.2. The molecule has 5 nitrogen and oxygen atoms in total. The summed E-state index contributed by atoms with van der Waals surface area (Å²) >= 11 is 0. The molecule has 0 aliphatic heterocycles. The quantitative estimate of drug-likeness (QED) is 0.906. The number of hydrogen-bond acceptors (Lipinski definition) is 4. The van der Waals surface area contributed by atoms with Gasteiger partial charge in [-0.1, -0.05) is 34.6 Å². The second-order valence-corrected chi connectivity index (χ2v) is 6.14. The number of nitrogens with zero attached hydrogens (tertiary/aromatic N) is 3. The van der Waals surface area contributed by atoms with E-state index in [0.29, 0.717) is 18.2 Å². The van der Waals surface area contributed by atoms with Crippen LogP contribution >= 0.6 is 0 Å². The first-order chi connectivity index (χ1) is 8.68. The van der Waals surface area contributed by atoms with Crippen LogP contribution in [0, 0.1) is 17.2 Å². The highest BCUT2D eigenvalue weighted by Gasteiger charge is 2.25. The van der Waals surface area contributed by atoms with Crippen molar-refractivity contribution < 1.29 is 5.11 Å². The van der Waals surface area contributed by atoms with E-state index in [2.05, 4.69) is 18.9 Å². The van der Waals surface area contributed by atoms with E-state index in [-0.39, 0.29) is 11.3 Å². The van der Waals surface area contributed by atoms with E-state index >= 15 is 0 Å². The Kier molecular flexibility index (Phi) is 4.35. The van der Waals surface area contributed by atoms with Gasteiger partial charge in [-0.05, 0) is 12.3 Å². The average Bonchev–Trinajstić information content (AvgIpc) is 2.26. The van der Waals surface area contributed by atoms with Gasteiger partial charge in [0.05, 0.1) is 0 Å². The maximum Gasteiger partial charge on any atom is 0.288 e. The van der Waals surface area contributed by atoms with Crippen LogP contribution in [0.3, 0.4) is 0 Å². The Balaban J connectivity index is 3.42. The standard InChI is InChI=1S/C14H21N3O2/c1-9(2)6-7-17-13(19)10(8-15)11(18)12(16-17)14(3,4)5/h9,18H,6-7H2,1-5H3. The first kappa shape index (κ1) is 15.2. The highest BCUT2D eigenvalue weighted by molar-refractivity contribution is 5.44. The fourth-order valence-electron chi connectivity index (χ4n) is 1.70. The molecule has 0 saturated heterocycles. The topological polar surface area (TPSA) is 78.9 Å². The predicted molar refractivity (Wildman–Crippen MR) is 73.0 cm³/mol. The van der Waals surface area contributed by atoms with Crippen LogP contribution < -0.4 is 5.56 Å². The molecule has 1 aromatic heterocycles. The van der Waals surface area contributed by atoms with Crippen molar-refractivity contribution in [3.05, 3.63) is 21.6 Å². The van der Waals surface area contributed by atoms with Crippen LogP contribution in [0.2, 0.25) is 0 Å². The van der Waals surface area contributed by atoms with Crippen LogP contribution in [-0.4, -0.2) is 14.9 Å². The first-order valence-electron chi connectivity index (χ1n) is 6.43. The summed E-state index contributed by atoms with van der Waals surface area (Å²) in [6.45, 7) is 10.2. The molecule has 0 unspecified atom stereocenters. The third kappa shape index (κ3) is 3.34. The van der Waals surface area contributed by atoms with Crippen molar-refractivity contribution >= 4 is 0 Å². The monoisotopic (exact) mass is 263 g/mol. The molecule has 104 valence electrons. The lowest BCUT2D eigenvalue weighted by Crippen LogP contribution is -2.30. The average molecular weight is 263 g/mol. The van der Waals surface area contributed by atoms with Crippen molar-refractivity contribution in [3.8, 4) is 11.8 Å². The maximum atomic E-state index is 12.0. The maximum absolute atomic E-state index is 12.0. The van der Waals surface area contributed by atoms with Gasteiger partial charge >= 0.3 is 0 Å². The normalized spacial score (nSPS) is 11.6. The molecule has 0 spiro atoms. The van der Waals surface area contributed by atoms with Crippen molar-refractivity contribution in [1.29, 1.82) is 5.26 Å². The van der Waals surface area contributed by atoms with Crippen LogP contribution in [-0.2, 0) is 12.0 Å². The fraction of sp³-hybridized carbons (Fsp3) is 0.643. The molecule has 0 bridgehead atoms. The van der Waals surface area contributed by atoms with Gasteiger partial charge in [0.1, 0.15) is 11.8 Å². The van der Waals surface area contributed by atoms with Gasteiger partial charge in [-0.15, -0.1) is 0 Å². The van der Waals surface area contributed by atoms with Gasteiger partial charge < -0.3 is 5.11 Å². The van der Waals surface area contributed by atoms with Crippen molar-refractivity contribution in [3.63, 3.8) is 0 Å². The lowest BCUT2D eigenvalue weighted by atomic mass is 9.90. The molecule has 0 amide bonds. The summed E-state index contributed by atoms with van der Waals surface area (Å²) in [6.07, 6.45) is 0.798. The summed E-state index contributed by atoms with van der Waals surface area (Å²) in [5.41, 5.74) is -0.784. The predicted octanol–water partition coefficient (Wildman–Crippen LogP) is 2.16. The lowest BCUT2D eigenvalue weighted by Gasteiger charge is -2.20. The third-order valence-corrected chi connectivity index (χ3v) is 2.87. The minimum atomic E-state index is -0.520. The summed E-state index contributed by atoms with van der Waals surface area (Å²) in [7, 11) is 0. The van der Waals surface area contributed by atoms with Gasteiger partial charge in [-0.25, -0.2) is 4.68 Å². The third-order valence-electron chi connectivity index (χ3n) is 2.87. The molecule has 0 radical (unpaired) electrons. The molecule has 1 aromatic rings. The molecule has 0 atom stereocenters. The van der Waals surface area contributed by atoms with E-state index in [1.807, 2.05) is 20.8 Å². The van der Waals surface area contributed by atoms with Gasteiger partial charge in [-0.2, -0.15) is 10.4 Å². The van der Waals surface area contributed by atoms with Gasteiger partial charge in [0.15, 0.2) is 11.3 Å². The molecule has 0 saturated carbocycles. The second-order valence-electron chi connectivity index (χ2n) is 6.14. The molecule has 0 aliphatic rings. The van der Waals surface area contributed by atoms with Crippen LogP contribution in [0.25, 0.3) is 0 Å². The van der Waals surface area contributed by atoms with E-state index in [1.165, 1.54) is 4.68 Å². The highest BCUT2D eigenvalue weighted by atomic mass is 16.3. The molecule has 0 aromatic carbocycles. The molecular formula is C14H21N3O2. The highest BCUT2D eigenvalue weighted by Crippen LogP contribution is 2.29. The largest absolute Gasteiger partial charge is 0.504 e. The molecule has 1 rings (SSSR count). The summed E-state index contributed by atoms with van der Waals surface area (Å²) in [6, 6.07) is 1.78. The minimum Gasteiger partial charge on any atom is -0.504 e. The number of aromatic nitrogens is 2. The van der Waals surface area contributed by atoms with Crippen molar-refractivity contribution in [2.45, 2.75) is 53.0 Å². The Morgan fingerprint density at radius 3 is 2.42 bits per heavy atom. The van der Waals surface area contributed by atoms with Crippen LogP contribution in [0.1, 0.15) is 52.3 Å².